The molecule has 4 heterocycles. The molecule has 2 bridgehead atoms. The summed E-state index contributed by atoms with van der Waals surface area (Å²) >= 11 is 0. The van der Waals surface area contributed by atoms with Gasteiger partial charge in [0.05, 0.1) is 25.4 Å². The molecule has 4 saturated heterocycles. The number of hydrogen-bond acceptors (Lipinski definition) is 3. The topological polar surface area (TPSA) is 31.0 Å². The lowest BCUT2D eigenvalue weighted by atomic mass is 9.82. The van der Waals surface area contributed by atoms with Crippen molar-refractivity contribution in [2.75, 3.05) is 13.2 Å². The van der Waals surface area contributed by atoms with E-state index in [1.54, 1.807) is 0 Å². The lowest BCUT2D eigenvalue weighted by Gasteiger charge is -2.14. The van der Waals surface area contributed by atoms with Crippen LogP contribution in [-0.4, -0.2) is 37.6 Å². The van der Waals surface area contributed by atoms with Crippen molar-refractivity contribution in [3.8, 4) is 0 Å². The second-order valence-corrected chi connectivity index (χ2v) is 4.00. The van der Waals surface area contributed by atoms with Crippen LogP contribution in [0.5, 0.6) is 0 Å². The van der Waals surface area contributed by atoms with Gasteiger partial charge in [0.1, 0.15) is 12.2 Å². The molecule has 0 amide bonds. The van der Waals surface area contributed by atoms with Crippen molar-refractivity contribution in [3.63, 3.8) is 0 Å². The Morgan fingerprint density at radius 1 is 0.727 bits per heavy atom. The van der Waals surface area contributed by atoms with E-state index in [9.17, 15) is 0 Å². The van der Waals surface area contributed by atoms with Crippen LogP contribution in [0.15, 0.2) is 0 Å². The summed E-state index contributed by atoms with van der Waals surface area (Å²) < 4.78 is 16.7. The Morgan fingerprint density at radius 2 is 1.27 bits per heavy atom. The first-order valence-corrected chi connectivity index (χ1v) is 4.34. The molecule has 60 valence electrons. The normalized spacial score (nSPS) is 69.8. The number of epoxide rings is 1. The van der Waals surface area contributed by atoms with Gasteiger partial charge in [-0.3, -0.25) is 0 Å². The lowest BCUT2D eigenvalue weighted by Crippen LogP contribution is -2.31. The van der Waals surface area contributed by atoms with Gasteiger partial charge in [0, 0.05) is 11.8 Å². The zero-order chi connectivity index (χ0) is 7.00. The standard InChI is InChI=1S/C8H10O3/c1-3-4(2-9-1)6-8-7(11-8)5(3)10-6/h3-8H,1-2H2/t3-,4-,5-,6-,7+,8+/m1/s1. The third-order valence-electron chi connectivity index (χ3n) is 3.54. The molecule has 4 aliphatic rings. The van der Waals surface area contributed by atoms with Crippen LogP contribution in [0, 0.1) is 11.8 Å². The van der Waals surface area contributed by atoms with Gasteiger partial charge in [-0.1, -0.05) is 0 Å². The summed E-state index contributed by atoms with van der Waals surface area (Å²) in [5.74, 6) is 1.31. The Balaban J connectivity index is 1.79. The molecule has 0 unspecified atom stereocenters. The minimum atomic E-state index is 0.387. The molecule has 6 atom stereocenters. The molecule has 4 fully saturated rings. The Morgan fingerprint density at radius 3 is 1.91 bits per heavy atom. The van der Waals surface area contributed by atoms with E-state index in [0.29, 0.717) is 36.3 Å². The van der Waals surface area contributed by atoms with Crippen LogP contribution in [0.1, 0.15) is 0 Å². The molecule has 0 spiro atoms. The fourth-order valence-electron chi connectivity index (χ4n) is 2.95. The van der Waals surface area contributed by atoms with E-state index >= 15 is 0 Å². The highest BCUT2D eigenvalue weighted by atomic mass is 16.7. The van der Waals surface area contributed by atoms with Crippen LogP contribution >= 0.6 is 0 Å². The summed E-state index contributed by atoms with van der Waals surface area (Å²) in [5, 5.41) is 0. The molecule has 0 radical (unpaired) electrons. The fourth-order valence-corrected chi connectivity index (χ4v) is 2.95. The van der Waals surface area contributed by atoms with Crippen LogP contribution in [0.25, 0.3) is 0 Å². The third-order valence-corrected chi connectivity index (χ3v) is 3.54. The van der Waals surface area contributed by atoms with Crippen LogP contribution in [-0.2, 0) is 14.2 Å². The maximum atomic E-state index is 5.80. The second kappa shape index (κ2) is 1.49. The Labute approximate surface area is 64.6 Å². The van der Waals surface area contributed by atoms with Gasteiger partial charge in [0.2, 0.25) is 0 Å². The molecule has 11 heavy (non-hydrogen) atoms. The van der Waals surface area contributed by atoms with Crippen LogP contribution in [0.2, 0.25) is 0 Å². The van der Waals surface area contributed by atoms with Crippen molar-refractivity contribution in [1.29, 1.82) is 0 Å². The quantitative estimate of drug-likeness (QED) is 0.453. The van der Waals surface area contributed by atoms with Crippen molar-refractivity contribution in [2.45, 2.75) is 24.4 Å². The molecule has 4 aliphatic heterocycles. The molecule has 0 N–H and O–H groups in total. The summed E-state index contributed by atoms with van der Waals surface area (Å²) in [6.45, 7) is 1.80. The van der Waals surface area contributed by atoms with Gasteiger partial charge in [-0.15, -0.1) is 0 Å². The first-order valence-electron chi connectivity index (χ1n) is 4.34. The van der Waals surface area contributed by atoms with Crippen molar-refractivity contribution >= 4 is 0 Å². The van der Waals surface area contributed by atoms with Crippen molar-refractivity contribution in [2.24, 2.45) is 11.8 Å². The monoisotopic (exact) mass is 154 g/mol. The average Bonchev–Trinajstić information content (AvgIpc) is 2.46. The van der Waals surface area contributed by atoms with Crippen molar-refractivity contribution in [3.05, 3.63) is 0 Å². The molecule has 0 aromatic rings. The Hall–Kier alpha value is -0.120. The summed E-state index contributed by atoms with van der Waals surface area (Å²) in [6.07, 6.45) is 1.67. The fraction of sp³-hybridized carbons (Fsp3) is 1.00. The van der Waals surface area contributed by atoms with Gasteiger partial charge < -0.3 is 14.2 Å². The molecule has 3 heteroatoms. The molecule has 3 nitrogen and oxygen atoms in total. The molecule has 0 aromatic heterocycles. The van der Waals surface area contributed by atoms with E-state index < -0.39 is 0 Å². The van der Waals surface area contributed by atoms with E-state index in [1.165, 1.54) is 0 Å². The van der Waals surface area contributed by atoms with E-state index in [4.69, 9.17) is 14.2 Å². The molecule has 0 saturated carbocycles. The van der Waals surface area contributed by atoms with Crippen molar-refractivity contribution in [1.82, 2.24) is 0 Å². The lowest BCUT2D eigenvalue weighted by molar-refractivity contribution is -0.0163. The molecule has 4 rings (SSSR count). The maximum absolute atomic E-state index is 5.80. The van der Waals surface area contributed by atoms with Gasteiger partial charge in [-0.25, -0.2) is 0 Å². The van der Waals surface area contributed by atoms with Gasteiger partial charge in [-0.2, -0.15) is 0 Å². The van der Waals surface area contributed by atoms with Crippen molar-refractivity contribution < 1.29 is 14.2 Å². The number of fused-ring (bicyclic) bond motifs is 8. The van der Waals surface area contributed by atoms with Crippen LogP contribution in [0.4, 0.5) is 0 Å². The highest BCUT2D eigenvalue weighted by molar-refractivity contribution is 5.15. The van der Waals surface area contributed by atoms with E-state index in [0.717, 1.165) is 13.2 Å². The molecule has 0 aromatic carbocycles. The predicted octanol–water partition coefficient (Wildman–Crippen LogP) is -0.203. The first-order chi connectivity index (χ1) is 5.45. The highest BCUT2D eigenvalue weighted by Crippen LogP contribution is 2.55. The third kappa shape index (κ3) is 0.477. The number of hydrogen-bond donors (Lipinski definition) is 0. The average molecular weight is 154 g/mol. The summed E-state index contributed by atoms with van der Waals surface area (Å²) in [7, 11) is 0. The molecular formula is C8H10O3. The van der Waals surface area contributed by atoms with E-state index in [1.807, 2.05) is 0 Å². The van der Waals surface area contributed by atoms with Gasteiger partial charge >= 0.3 is 0 Å². The van der Waals surface area contributed by atoms with Crippen LogP contribution < -0.4 is 0 Å². The highest BCUT2D eigenvalue weighted by Gasteiger charge is 2.70. The molecular weight excluding hydrogens is 144 g/mol. The number of ether oxygens (including phenoxy) is 3. The van der Waals surface area contributed by atoms with Gasteiger partial charge in [0.15, 0.2) is 0 Å². The summed E-state index contributed by atoms with van der Waals surface area (Å²) in [4.78, 5) is 0. The molecule has 0 aliphatic carbocycles. The predicted molar refractivity (Wildman–Crippen MR) is 35.1 cm³/mol. The number of rotatable bonds is 0. The zero-order valence-electron chi connectivity index (χ0n) is 6.10. The smallest absolute Gasteiger partial charge is 0.113 e. The summed E-state index contributed by atoms with van der Waals surface area (Å²) in [6, 6.07) is 0. The SMILES string of the molecule is C1OC[C@@H]2[C@@H]1[C@H]1O[C@H]2[C@@H]2O[C@H]21. The van der Waals surface area contributed by atoms with E-state index in [-0.39, 0.29) is 0 Å². The minimum absolute atomic E-state index is 0.387. The van der Waals surface area contributed by atoms with E-state index in [2.05, 4.69) is 0 Å². The first kappa shape index (κ1) is 5.51. The van der Waals surface area contributed by atoms with Gasteiger partial charge in [0.25, 0.3) is 0 Å². The second-order valence-electron chi connectivity index (χ2n) is 4.00. The van der Waals surface area contributed by atoms with Crippen LogP contribution in [0.3, 0.4) is 0 Å². The Bertz CT molecular complexity index is 193. The summed E-state index contributed by atoms with van der Waals surface area (Å²) in [5.41, 5.74) is 0. The Kier molecular flexibility index (Phi) is 0.746. The van der Waals surface area contributed by atoms with Gasteiger partial charge in [-0.05, 0) is 0 Å². The zero-order valence-corrected chi connectivity index (χ0v) is 6.10. The minimum Gasteiger partial charge on any atom is -0.381 e. The maximum Gasteiger partial charge on any atom is 0.113 e. The largest absolute Gasteiger partial charge is 0.381 e.